The maximum atomic E-state index is 13.5. The molecule has 20 heavy (non-hydrogen) atoms. The monoisotopic (exact) mass is 280 g/mol. The number of halogens is 3. The van der Waals surface area contributed by atoms with E-state index in [2.05, 4.69) is 20.6 Å². The second-order valence-corrected chi connectivity index (χ2v) is 4.56. The van der Waals surface area contributed by atoms with E-state index < -0.39 is 17.5 Å². The smallest absolute Gasteiger partial charge is 0.196 e. The molecule has 1 saturated carbocycles. The molecule has 4 nitrogen and oxygen atoms in total. The second kappa shape index (κ2) is 4.99. The summed E-state index contributed by atoms with van der Waals surface area (Å²) in [5.41, 5.74) is -0.181. The summed E-state index contributed by atoms with van der Waals surface area (Å²) in [5, 5.41) is 5.76. The molecule has 0 amide bonds. The van der Waals surface area contributed by atoms with Gasteiger partial charge in [0.15, 0.2) is 17.5 Å². The fourth-order valence-corrected chi connectivity index (χ4v) is 1.70. The van der Waals surface area contributed by atoms with Gasteiger partial charge in [0.25, 0.3) is 0 Å². The minimum absolute atomic E-state index is 0.181. The van der Waals surface area contributed by atoms with E-state index >= 15 is 0 Å². The van der Waals surface area contributed by atoms with Gasteiger partial charge in [0.1, 0.15) is 18.0 Å². The zero-order valence-electron chi connectivity index (χ0n) is 10.3. The Morgan fingerprint density at radius 3 is 2.50 bits per heavy atom. The minimum atomic E-state index is -1.51. The van der Waals surface area contributed by atoms with Crippen molar-refractivity contribution < 1.29 is 13.2 Å². The van der Waals surface area contributed by atoms with Gasteiger partial charge in [0, 0.05) is 12.1 Å². The fourth-order valence-electron chi connectivity index (χ4n) is 1.70. The van der Waals surface area contributed by atoms with Crippen molar-refractivity contribution in [2.75, 3.05) is 10.6 Å². The summed E-state index contributed by atoms with van der Waals surface area (Å²) in [4.78, 5) is 7.94. The van der Waals surface area contributed by atoms with Gasteiger partial charge in [-0.25, -0.2) is 23.1 Å². The first-order valence-corrected chi connectivity index (χ1v) is 6.12. The predicted octanol–water partition coefficient (Wildman–Crippen LogP) is 3.21. The molecule has 0 radical (unpaired) electrons. The molecule has 0 spiro atoms. The average Bonchev–Trinajstić information content (AvgIpc) is 3.24. The number of hydrogen-bond donors (Lipinski definition) is 2. The Labute approximate surface area is 113 Å². The number of nitrogens with one attached hydrogen (secondary N) is 2. The van der Waals surface area contributed by atoms with Crippen LogP contribution in [-0.2, 0) is 0 Å². The quantitative estimate of drug-likeness (QED) is 0.844. The Morgan fingerprint density at radius 1 is 1.00 bits per heavy atom. The highest BCUT2D eigenvalue weighted by molar-refractivity contribution is 5.59. The lowest BCUT2D eigenvalue weighted by Crippen LogP contribution is -2.05. The van der Waals surface area contributed by atoms with Gasteiger partial charge in [-0.05, 0) is 25.0 Å². The summed E-state index contributed by atoms with van der Waals surface area (Å²) in [5.74, 6) is -3.12. The molecule has 1 heterocycles. The Bertz CT molecular complexity index is 644. The van der Waals surface area contributed by atoms with Crippen molar-refractivity contribution in [3.8, 4) is 0 Å². The number of aromatic nitrogens is 2. The third-order valence-electron chi connectivity index (χ3n) is 2.89. The standard InChI is InChI=1S/C13H11F3N4/c14-8-3-4-9(13(16)12(8)15)20-11-5-10(17-6-18-11)19-7-1-2-7/h3-7H,1-2H2,(H2,17,18,19,20). The van der Waals surface area contributed by atoms with E-state index in [1.807, 2.05) is 0 Å². The van der Waals surface area contributed by atoms with Crippen LogP contribution in [0.15, 0.2) is 24.5 Å². The summed E-state index contributed by atoms with van der Waals surface area (Å²) in [6.07, 6.45) is 3.49. The van der Waals surface area contributed by atoms with Crippen LogP contribution < -0.4 is 10.6 Å². The van der Waals surface area contributed by atoms with Gasteiger partial charge < -0.3 is 10.6 Å². The first-order valence-electron chi connectivity index (χ1n) is 6.12. The molecule has 0 atom stereocenters. The molecular weight excluding hydrogens is 269 g/mol. The number of nitrogens with zero attached hydrogens (tertiary/aromatic N) is 2. The molecule has 1 aromatic heterocycles. The lowest BCUT2D eigenvalue weighted by molar-refractivity contribution is 0.449. The van der Waals surface area contributed by atoms with Gasteiger partial charge in [-0.15, -0.1) is 0 Å². The van der Waals surface area contributed by atoms with Crippen molar-refractivity contribution >= 4 is 17.3 Å². The Hall–Kier alpha value is -2.31. The van der Waals surface area contributed by atoms with Crippen molar-refractivity contribution in [2.45, 2.75) is 18.9 Å². The van der Waals surface area contributed by atoms with Gasteiger partial charge >= 0.3 is 0 Å². The van der Waals surface area contributed by atoms with Crippen LogP contribution >= 0.6 is 0 Å². The van der Waals surface area contributed by atoms with E-state index in [1.54, 1.807) is 6.07 Å². The van der Waals surface area contributed by atoms with Crippen LogP contribution in [0.5, 0.6) is 0 Å². The van der Waals surface area contributed by atoms with E-state index in [0.717, 1.165) is 25.0 Å². The summed E-state index contributed by atoms with van der Waals surface area (Å²) < 4.78 is 39.5. The molecule has 1 aromatic carbocycles. The zero-order chi connectivity index (χ0) is 14.1. The summed E-state index contributed by atoms with van der Waals surface area (Å²) in [7, 11) is 0. The highest BCUT2D eigenvalue weighted by Crippen LogP contribution is 2.26. The summed E-state index contributed by atoms with van der Waals surface area (Å²) in [6.45, 7) is 0. The first kappa shape index (κ1) is 12.7. The van der Waals surface area contributed by atoms with Crippen molar-refractivity contribution in [3.63, 3.8) is 0 Å². The van der Waals surface area contributed by atoms with E-state index in [1.165, 1.54) is 6.33 Å². The molecule has 0 saturated heterocycles. The van der Waals surface area contributed by atoms with Crippen molar-refractivity contribution in [3.05, 3.63) is 42.0 Å². The van der Waals surface area contributed by atoms with Crippen molar-refractivity contribution in [1.29, 1.82) is 0 Å². The van der Waals surface area contributed by atoms with Gasteiger partial charge in [-0.2, -0.15) is 0 Å². The van der Waals surface area contributed by atoms with Crippen LogP contribution in [0.25, 0.3) is 0 Å². The maximum Gasteiger partial charge on any atom is 0.196 e. The molecule has 3 rings (SSSR count). The summed E-state index contributed by atoms with van der Waals surface area (Å²) in [6, 6.07) is 3.96. The molecule has 2 N–H and O–H groups in total. The van der Waals surface area contributed by atoms with E-state index in [9.17, 15) is 13.2 Å². The summed E-state index contributed by atoms with van der Waals surface area (Å²) >= 11 is 0. The van der Waals surface area contributed by atoms with Crippen LogP contribution in [0, 0.1) is 17.5 Å². The second-order valence-electron chi connectivity index (χ2n) is 4.56. The maximum absolute atomic E-state index is 13.5. The highest BCUT2D eigenvalue weighted by atomic mass is 19.2. The Balaban J connectivity index is 1.81. The predicted molar refractivity (Wildman–Crippen MR) is 68.3 cm³/mol. The molecule has 0 unspecified atom stereocenters. The lowest BCUT2D eigenvalue weighted by Gasteiger charge is -2.09. The van der Waals surface area contributed by atoms with Crippen LogP contribution in [0.3, 0.4) is 0 Å². The van der Waals surface area contributed by atoms with Gasteiger partial charge in [0.05, 0.1) is 5.69 Å². The van der Waals surface area contributed by atoms with Gasteiger partial charge in [-0.1, -0.05) is 0 Å². The Kier molecular flexibility index (Phi) is 3.17. The Morgan fingerprint density at radius 2 is 1.75 bits per heavy atom. The highest BCUT2D eigenvalue weighted by Gasteiger charge is 2.21. The third-order valence-corrected chi connectivity index (χ3v) is 2.89. The van der Waals surface area contributed by atoms with Crippen LogP contribution in [0.4, 0.5) is 30.5 Å². The molecule has 0 aliphatic heterocycles. The van der Waals surface area contributed by atoms with Crippen LogP contribution in [0.1, 0.15) is 12.8 Å². The minimum Gasteiger partial charge on any atom is -0.367 e. The molecule has 104 valence electrons. The lowest BCUT2D eigenvalue weighted by atomic mass is 10.3. The molecule has 7 heteroatoms. The molecule has 1 fully saturated rings. The van der Waals surface area contributed by atoms with Crippen molar-refractivity contribution in [2.24, 2.45) is 0 Å². The molecule has 1 aliphatic carbocycles. The average molecular weight is 280 g/mol. The van der Waals surface area contributed by atoms with Crippen molar-refractivity contribution in [1.82, 2.24) is 9.97 Å². The zero-order valence-corrected chi connectivity index (χ0v) is 10.3. The molecule has 1 aliphatic rings. The van der Waals surface area contributed by atoms with Gasteiger partial charge in [0.2, 0.25) is 0 Å². The van der Waals surface area contributed by atoms with Crippen LogP contribution in [-0.4, -0.2) is 16.0 Å². The third kappa shape index (κ3) is 2.66. The van der Waals surface area contributed by atoms with E-state index in [4.69, 9.17) is 0 Å². The van der Waals surface area contributed by atoms with Crippen LogP contribution in [0.2, 0.25) is 0 Å². The number of rotatable bonds is 4. The fraction of sp³-hybridized carbons (Fsp3) is 0.231. The largest absolute Gasteiger partial charge is 0.367 e. The molecule has 2 aromatic rings. The first-order chi connectivity index (χ1) is 9.63. The number of benzene rings is 1. The number of hydrogen-bond acceptors (Lipinski definition) is 4. The normalized spacial score (nSPS) is 14.2. The molecular formula is C13H11F3N4. The number of anilines is 3. The van der Waals surface area contributed by atoms with E-state index in [-0.39, 0.29) is 5.69 Å². The molecule has 0 bridgehead atoms. The van der Waals surface area contributed by atoms with Gasteiger partial charge in [-0.3, -0.25) is 0 Å². The topological polar surface area (TPSA) is 49.8 Å². The SMILES string of the molecule is Fc1ccc(Nc2cc(NC3CC3)ncn2)c(F)c1F. The van der Waals surface area contributed by atoms with E-state index in [0.29, 0.717) is 17.7 Å².